The van der Waals surface area contributed by atoms with Crippen molar-refractivity contribution >= 4 is 39.1 Å². The van der Waals surface area contributed by atoms with E-state index in [1.807, 2.05) is 6.07 Å². The number of aromatic nitrogens is 1. The largest absolute Gasteiger partial charge is 0.478 e. The number of nitrogens with two attached hydrogens (primary N) is 1. The van der Waals surface area contributed by atoms with Crippen LogP contribution in [0.2, 0.25) is 0 Å². The molecule has 0 unspecified atom stereocenters. The Morgan fingerprint density at radius 3 is 2.85 bits per heavy atom. The fourth-order valence-corrected chi connectivity index (χ4v) is 1.97. The van der Waals surface area contributed by atoms with Gasteiger partial charge in [0.05, 0.1) is 22.5 Å². The topological polar surface area (TPSA) is 112 Å². The van der Waals surface area contributed by atoms with Crippen LogP contribution in [-0.4, -0.2) is 16.1 Å². The van der Waals surface area contributed by atoms with E-state index >= 15 is 0 Å². The highest BCUT2D eigenvalue weighted by atomic mass is 79.9. The van der Waals surface area contributed by atoms with Crippen LogP contribution in [0.5, 0.6) is 0 Å². The molecular formula is C13H9BrN4O2. The van der Waals surface area contributed by atoms with Crippen LogP contribution in [0.4, 0.5) is 17.2 Å². The first-order chi connectivity index (χ1) is 9.52. The maximum Gasteiger partial charge on any atom is 0.337 e. The second kappa shape index (κ2) is 5.59. The van der Waals surface area contributed by atoms with Gasteiger partial charge >= 0.3 is 5.97 Å². The Hall–Kier alpha value is -2.59. The Morgan fingerprint density at radius 1 is 1.45 bits per heavy atom. The van der Waals surface area contributed by atoms with Crippen molar-refractivity contribution in [2.45, 2.75) is 0 Å². The number of hydrogen-bond donors (Lipinski definition) is 3. The average molecular weight is 333 g/mol. The molecule has 2 rings (SSSR count). The van der Waals surface area contributed by atoms with E-state index in [2.05, 4.69) is 26.2 Å². The van der Waals surface area contributed by atoms with Gasteiger partial charge in [0.25, 0.3) is 0 Å². The number of nitriles is 1. The summed E-state index contributed by atoms with van der Waals surface area (Å²) in [5, 5.41) is 20.9. The minimum Gasteiger partial charge on any atom is -0.478 e. The Morgan fingerprint density at radius 2 is 2.20 bits per heavy atom. The molecule has 0 saturated heterocycles. The van der Waals surface area contributed by atoms with Gasteiger partial charge in [-0.05, 0) is 24.3 Å². The third kappa shape index (κ3) is 2.70. The molecule has 0 aliphatic heterocycles. The second-order valence-electron chi connectivity index (χ2n) is 3.85. The zero-order valence-corrected chi connectivity index (χ0v) is 11.7. The summed E-state index contributed by atoms with van der Waals surface area (Å²) in [6.07, 6.45) is 1.34. The van der Waals surface area contributed by atoms with E-state index in [-0.39, 0.29) is 17.1 Å². The molecule has 20 heavy (non-hydrogen) atoms. The molecule has 100 valence electrons. The lowest BCUT2D eigenvalue weighted by molar-refractivity contribution is 0.0698. The monoisotopic (exact) mass is 332 g/mol. The summed E-state index contributed by atoms with van der Waals surface area (Å²) in [6, 6.07) is 8.42. The molecule has 0 aliphatic rings. The fourth-order valence-electron chi connectivity index (χ4n) is 1.60. The van der Waals surface area contributed by atoms with E-state index in [1.54, 1.807) is 18.2 Å². The van der Waals surface area contributed by atoms with Gasteiger partial charge in [0.1, 0.15) is 6.07 Å². The average Bonchev–Trinajstić information content (AvgIpc) is 2.42. The number of carboxylic acids is 1. The fraction of sp³-hybridized carbons (Fsp3) is 0. The number of anilines is 3. The predicted molar refractivity (Wildman–Crippen MR) is 77.7 cm³/mol. The number of nitrogens with zero attached hydrogens (tertiary/aromatic N) is 2. The van der Waals surface area contributed by atoms with E-state index < -0.39 is 5.97 Å². The van der Waals surface area contributed by atoms with E-state index in [0.29, 0.717) is 11.3 Å². The summed E-state index contributed by atoms with van der Waals surface area (Å²) < 4.78 is 0.764. The standard InChI is InChI=1S/C13H9BrN4O2/c14-8-1-2-10(7(5-8)6-15)18-12-11(16)9(13(19)20)3-4-17-12/h1-5H,16H2,(H,17,18)(H,19,20). The molecule has 7 heteroatoms. The molecule has 0 atom stereocenters. The summed E-state index contributed by atoms with van der Waals surface area (Å²) in [5.41, 5.74) is 6.62. The first-order valence-corrected chi connectivity index (χ1v) is 6.26. The summed E-state index contributed by atoms with van der Waals surface area (Å²) in [4.78, 5) is 15.0. The van der Waals surface area contributed by atoms with Crippen LogP contribution in [0.1, 0.15) is 15.9 Å². The number of pyridine rings is 1. The Kier molecular flexibility index (Phi) is 3.86. The lowest BCUT2D eigenvalue weighted by Gasteiger charge is -2.11. The molecule has 1 aromatic carbocycles. The number of aromatic carboxylic acids is 1. The van der Waals surface area contributed by atoms with Gasteiger partial charge in [-0.15, -0.1) is 0 Å². The van der Waals surface area contributed by atoms with E-state index in [9.17, 15) is 4.79 Å². The van der Waals surface area contributed by atoms with Crippen LogP contribution in [0.3, 0.4) is 0 Å². The van der Waals surface area contributed by atoms with E-state index in [0.717, 1.165) is 4.47 Å². The quantitative estimate of drug-likeness (QED) is 0.796. The van der Waals surface area contributed by atoms with Gasteiger partial charge in [0, 0.05) is 10.7 Å². The van der Waals surface area contributed by atoms with Crippen LogP contribution >= 0.6 is 15.9 Å². The van der Waals surface area contributed by atoms with Crippen LogP contribution < -0.4 is 11.1 Å². The van der Waals surface area contributed by atoms with Crippen LogP contribution in [0.15, 0.2) is 34.9 Å². The highest BCUT2D eigenvalue weighted by Crippen LogP contribution is 2.27. The first kappa shape index (κ1) is 13.8. The van der Waals surface area contributed by atoms with E-state index in [4.69, 9.17) is 16.1 Å². The van der Waals surface area contributed by atoms with Crippen molar-refractivity contribution < 1.29 is 9.90 Å². The molecule has 6 nitrogen and oxygen atoms in total. The first-order valence-electron chi connectivity index (χ1n) is 5.47. The number of nitrogens with one attached hydrogen (secondary N) is 1. The maximum atomic E-state index is 11.0. The van der Waals surface area contributed by atoms with Crippen LogP contribution in [0, 0.1) is 11.3 Å². The van der Waals surface area contributed by atoms with E-state index in [1.165, 1.54) is 12.3 Å². The SMILES string of the molecule is N#Cc1cc(Br)ccc1Nc1nccc(C(=O)O)c1N. The van der Waals surface area contributed by atoms with Crippen molar-refractivity contribution in [3.05, 3.63) is 46.1 Å². The zero-order valence-electron chi connectivity index (χ0n) is 10.1. The molecule has 0 amide bonds. The second-order valence-corrected chi connectivity index (χ2v) is 4.77. The summed E-state index contributed by atoms with van der Waals surface area (Å²) in [7, 11) is 0. The van der Waals surface area contributed by atoms with Gasteiger partial charge in [0.2, 0.25) is 0 Å². The van der Waals surface area contributed by atoms with Gasteiger partial charge < -0.3 is 16.2 Å². The smallest absolute Gasteiger partial charge is 0.337 e. The summed E-state index contributed by atoms with van der Waals surface area (Å²) in [6.45, 7) is 0. The molecule has 1 aromatic heterocycles. The number of benzene rings is 1. The van der Waals surface area contributed by atoms with Crippen molar-refractivity contribution in [2.24, 2.45) is 0 Å². The van der Waals surface area contributed by atoms with Crippen LogP contribution in [-0.2, 0) is 0 Å². The molecule has 0 spiro atoms. The van der Waals surface area contributed by atoms with Crippen molar-refractivity contribution in [3.8, 4) is 6.07 Å². The highest BCUT2D eigenvalue weighted by Gasteiger charge is 2.13. The molecular weight excluding hydrogens is 324 g/mol. The minimum atomic E-state index is -1.13. The summed E-state index contributed by atoms with van der Waals surface area (Å²) in [5.74, 6) is -0.937. The van der Waals surface area contributed by atoms with Gasteiger partial charge in [-0.1, -0.05) is 15.9 Å². The third-order valence-corrected chi connectivity index (χ3v) is 3.07. The van der Waals surface area contributed by atoms with Crippen molar-refractivity contribution in [1.29, 1.82) is 5.26 Å². The van der Waals surface area contributed by atoms with Gasteiger partial charge in [-0.3, -0.25) is 0 Å². The number of carbonyl (C=O) groups is 1. The third-order valence-electron chi connectivity index (χ3n) is 2.58. The molecule has 4 N–H and O–H groups in total. The summed E-state index contributed by atoms with van der Waals surface area (Å²) >= 11 is 3.27. The van der Waals surface area contributed by atoms with Crippen LogP contribution in [0.25, 0.3) is 0 Å². The Bertz CT molecular complexity index is 725. The molecule has 0 fully saturated rings. The van der Waals surface area contributed by atoms with Gasteiger partial charge in [0.15, 0.2) is 5.82 Å². The number of nitrogen functional groups attached to an aromatic ring is 1. The predicted octanol–water partition coefficient (Wildman–Crippen LogP) is 2.74. The highest BCUT2D eigenvalue weighted by molar-refractivity contribution is 9.10. The minimum absolute atomic E-state index is 0.0202. The number of halogens is 1. The Labute approximate surface area is 123 Å². The van der Waals surface area contributed by atoms with Gasteiger partial charge in [-0.25, -0.2) is 9.78 Å². The molecule has 0 saturated carbocycles. The lowest BCUT2D eigenvalue weighted by atomic mass is 10.2. The molecule has 1 heterocycles. The lowest BCUT2D eigenvalue weighted by Crippen LogP contribution is -2.07. The molecule has 0 radical (unpaired) electrons. The van der Waals surface area contributed by atoms with Gasteiger partial charge in [-0.2, -0.15) is 5.26 Å². The molecule has 0 aliphatic carbocycles. The number of carboxylic acid groups (broad SMARTS) is 1. The number of hydrogen-bond acceptors (Lipinski definition) is 5. The maximum absolute atomic E-state index is 11.0. The Balaban J connectivity index is 2.44. The van der Waals surface area contributed by atoms with Crippen molar-refractivity contribution in [3.63, 3.8) is 0 Å². The van der Waals surface area contributed by atoms with Crippen molar-refractivity contribution in [1.82, 2.24) is 4.98 Å². The molecule has 0 bridgehead atoms. The zero-order chi connectivity index (χ0) is 14.7. The molecule has 2 aromatic rings. The normalized spacial score (nSPS) is 9.80. The number of rotatable bonds is 3. The van der Waals surface area contributed by atoms with Crippen molar-refractivity contribution in [2.75, 3.05) is 11.1 Å².